The minimum Gasteiger partial charge on any atom is -0.508 e. The summed E-state index contributed by atoms with van der Waals surface area (Å²) in [5.41, 5.74) is 0.772. The third kappa shape index (κ3) is 3.80. The monoisotopic (exact) mass is 451 g/mol. The van der Waals surface area contributed by atoms with Gasteiger partial charge in [-0.05, 0) is 47.3 Å². The van der Waals surface area contributed by atoms with Gasteiger partial charge >= 0.3 is 0 Å². The second-order valence-corrected chi connectivity index (χ2v) is 8.20. The molecular formula is C24H21NO6S. The molecule has 0 spiro atoms. The number of aromatic hydroxyl groups is 1. The summed E-state index contributed by atoms with van der Waals surface area (Å²) in [5, 5.41) is 23.1. The largest absolute Gasteiger partial charge is 0.508 e. The predicted octanol–water partition coefficient (Wildman–Crippen LogP) is 4.09. The summed E-state index contributed by atoms with van der Waals surface area (Å²) in [5.74, 6) is -0.998. The Hall–Kier alpha value is -3.78. The van der Waals surface area contributed by atoms with Gasteiger partial charge in [-0.25, -0.2) is 0 Å². The molecule has 1 aromatic heterocycles. The highest BCUT2D eigenvalue weighted by Crippen LogP contribution is 2.42. The van der Waals surface area contributed by atoms with Crippen LogP contribution in [-0.2, 0) is 16.1 Å². The van der Waals surface area contributed by atoms with Crippen molar-refractivity contribution in [2.45, 2.75) is 12.6 Å². The first kappa shape index (κ1) is 21.5. The molecule has 4 rings (SSSR count). The van der Waals surface area contributed by atoms with E-state index in [1.807, 2.05) is 17.5 Å². The molecule has 32 heavy (non-hydrogen) atoms. The maximum Gasteiger partial charge on any atom is 0.295 e. The van der Waals surface area contributed by atoms with Crippen molar-refractivity contribution in [2.75, 3.05) is 14.2 Å². The number of phenols is 1. The fourth-order valence-corrected chi connectivity index (χ4v) is 4.50. The lowest BCUT2D eigenvalue weighted by Gasteiger charge is -2.25. The van der Waals surface area contributed by atoms with E-state index >= 15 is 0 Å². The lowest BCUT2D eigenvalue weighted by molar-refractivity contribution is -0.140. The standard InChI is InChI=1S/C24H21NO6S/c1-30-18-9-8-15(12-19(18)31-2)22(27)20-21(14-5-3-6-16(26)11-14)25(24(29)23(20)28)13-17-7-4-10-32-17/h3-12,21,26-27H,13H2,1-2H3/b22-20-. The van der Waals surface area contributed by atoms with E-state index in [2.05, 4.69) is 0 Å². The van der Waals surface area contributed by atoms with E-state index in [4.69, 9.17) is 9.47 Å². The van der Waals surface area contributed by atoms with Crippen LogP contribution >= 0.6 is 11.3 Å². The number of thiophene rings is 1. The lowest BCUT2D eigenvalue weighted by Crippen LogP contribution is -2.28. The van der Waals surface area contributed by atoms with E-state index in [1.54, 1.807) is 30.3 Å². The summed E-state index contributed by atoms with van der Waals surface area (Å²) in [6.45, 7) is 0.200. The molecule has 1 fully saturated rings. The minimum absolute atomic E-state index is 0.00433. The van der Waals surface area contributed by atoms with Crippen LogP contribution in [0, 0.1) is 0 Å². The van der Waals surface area contributed by atoms with Gasteiger partial charge in [-0.15, -0.1) is 11.3 Å². The number of ether oxygens (including phenoxy) is 2. The molecule has 8 heteroatoms. The van der Waals surface area contributed by atoms with Crippen LogP contribution in [0.25, 0.3) is 5.76 Å². The molecule has 2 N–H and O–H groups in total. The van der Waals surface area contributed by atoms with Crippen molar-refractivity contribution in [3.05, 3.63) is 81.6 Å². The number of aliphatic hydroxyl groups is 1. The van der Waals surface area contributed by atoms with Crippen molar-refractivity contribution in [3.8, 4) is 17.2 Å². The first-order valence-electron chi connectivity index (χ1n) is 9.76. The molecule has 1 amide bonds. The molecule has 2 aromatic carbocycles. The molecule has 164 valence electrons. The van der Waals surface area contributed by atoms with Crippen molar-refractivity contribution in [2.24, 2.45) is 0 Å². The zero-order valence-corrected chi connectivity index (χ0v) is 18.3. The maximum atomic E-state index is 13.1. The van der Waals surface area contributed by atoms with Crippen molar-refractivity contribution in [1.82, 2.24) is 4.90 Å². The van der Waals surface area contributed by atoms with Gasteiger partial charge in [0.2, 0.25) is 0 Å². The van der Waals surface area contributed by atoms with Gasteiger partial charge < -0.3 is 24.6 Å². The number of hydrogen-bond donors (Lipinski definition) is 2. The van der Waals surface area contributed by atoms with Crippen molar-refractivity contribution >= 4 is 28.8 Å². The number of carbonyl (C=O) groups is 2. The Morgan fingerprint density at radius 1 is 1.03 bits per heavy atom. The van der Waals surface area contributed by atoms with E-state index in [9.17, 15) is 19.8 Å². The average Bonchev–Trinajstić information content (AvgIpc) is 3.40. The maximum absolute atomic E-state index is 13.1. The number of aliphatic hydroxyl groups excluding tert-OH is 1. The Kier molecular flexibility index (Phi) is 5.87. The number of methoxy groups -OCH3 is 2. The number of amides is 1. The normalized spacial score (nSPS) is 17.6. The Labute approximate surface area is 188 Å². The number of Topliss-reactive ketones (excluding diaryl/α,β-unsaturated/α-hetero) is 1. The Balaban J connectivity index is 1.88. The first-order valence-corrected chi connectivity index (χ1v) is 10.6. The van der Waals surface area contributed by atoms with Crippen LogP contribution in [0.5, 0.6) is 17.2 Å². The molecule has 3 aromatic rings. The van der Waals surface area contributed by atoms with Crippen LogP contribution in [0.1, 0.15) is 22.0 Å². The number of phenolic OH excluding ortho intramolecular Hbond substituents is 1. The van der Waals surface area contributed by atoms with Gasteiger partial charge in [0.1, 0.15) is 11.5 Å². The van der Waals surface area contributed by atoms with Crippen LogP contribution in [0.15, 0.2) is 65.6 Å². The molecule has 1 unspecified atom stereocenters. The van der Waals surface area contributed by atoms with Crippen LogP contribution in [0.2, 0.25) is 0 Å². The average molecular weight is 452 g/mol. The topological polar surface area (TPSA) is 96.3 Å². The summed E-state index contributed by atoms with van der Waals surface area (Å²) in [6.07, 6.45) is 0. The molecule has 1 saturated heterocycles. The lowest BCUT2D eigenvalue weighted by atomic mass is 9.95. The quantitative estimate of drug-likeness (QED) is 0.333. The number of likely N-dealkylation sites (tertiary alicyclic amines) is 1. The summed E-state index contributed by atoms with van der Waals surface area (Å²) < 4.78 is 10.5. The first-order chi connectivity index (χ1) is 15.4. The van der Waals surface area contributed by atoms with Crippen molar-refractivity contribution < 1.29 is 29.3 Å². The Bertz CT molecular complexity index is 1200. The van der Waals surface area contributed by atoms with Gasteiger partial charge in [-0.2, -0.15) is 0 Å². The van der Waals surface area contributed by atoms with E-state index in [-0.39, 0.29) is 23.6 Å². The number of hydrogen-bond acceptors (Lipinski definition) is 7. The number of rotatable bonds is 6. The van der Waals surface area contributed by atoms with Gasteiger partial charge in [0.25, 0.3) is 11.7 Å². The molecule has 7 nitrogen and oxygen atoms in total. The van der Waals surface area contributed by atoms with Crippen LogP contribution < -0.4 is 9.47 Å². The van der Waals surface area contributed by atoms with Gasteiger partial charge in [-0.3, -0.25) is 9.59 Å². The van der Waals surface area contributed by atoms with Gasteiger partial charge in [-0.1, -0.05) is 18.2 Å². The van der Waals surface area contributed by atoms with Gasteiger partial charge in [0.15, 0.2) is 11.5 Å². The van der Waals surface area contributed by atoms with E-state index < -0.39 is 17.7 Å². The third-order valence-electron chi connectivity index (χ3n) is 5.29. The third-order valence-corrected chi connectivity index (χ3v) is 6.15. The van der Waals surface area contributed by atoms with E-state index in [0.29, 0.717) is 22.6 Å². The van der Waals surface area contributed by atoms with Gasteiger partial charge in [0.05, 0.1) is 32.4 Å². The Morgan fingerprint density at radius 3 is 2.47 bits per heavy atom. The molecule has 0 radical (unpaired) electrons. The fourth-order valence-electron chi connectivity index (χ4n) is 3.79. The summed E-state index contributed by atoms with van der Waals surface area (Å²) in [4.78, 5) is 28.4. The van der Waals surface area contributed by atoms with E-state index in [1.165, 1.54) is 42.6 Å². The highest BCUT2D eigenvalue weighted by atomic mass is 32.1. The molecule has 0 bridgehead atoms. The smallest absolute Gasteiger partial charge is 0.295 e. The molecule has 0 aliphatic carbocycles. The minimum atomic E-state index is -0.864. The number of carbonyl (C=O) groups excluding carboxylic acids is 2. The van der Waals surface area contributed by atoms with Crippen LogP contribution in [-0.4, -0.2) is 41.0 Å². The summed E-state index contributed by atoms with van der Waals surface area (Å²) >= 11 is 1.46. The molecule has 2 heterocycles. The number of benzene rings is 2. The zero-order chi connectivity index (χ0) is 22.8. The van der Waals surface area contributed by atoms with Crippen molar-refractivity contribution in [1.29, 1.82) is 0 Å². The molecule has 1 atom stereocenters. The highest BCUT2D eigenvalue weighted by molar-refractivity contribution is 7.09. The number of ketones is 1. The fraction of sp³-hybridized carbons (Fsp3) is 0.167. The summed E-state index contributed by atoms with van der Waals surface area (Å²) in [6, 6.07) is 13.9. The SMILES string of the molecule is COc1ccc(/C(O)=C2/C(=O)C(=O)N(Cc3cccs3)C2c2cccc(O)c2)cc1OC. The zero-order valence-electron chi connectivity index (χ0n) is 17.4. The number of nitrogens with zero attached hydrogens (tertiary/aromatic N) is 1. The second kappa shape index (κ2) is 8.76. The Morgan fingerprint density at radius 2 is 1.81 bits per heavy atom. The molecule has 1 aliphatic rings. The van der Waals surface area contributed by atoms with Crippen LogP contribution in [0.4, 0.5) is 0 Å². The van der Waals surface area contributed by atoms with E-state index in [0.717, 1.165) is 4.88 Å². The predicted molar refractivity (Wildman–Crippen MR) is 120 cm³/mol. The molecule has 0 saturated carbocycles. The molecular weight excluding hydrogens is 430 g/mol. The molecule has 1 aliphatic heterocycles. The van der Waals surface area contributed by atoms with Crippen molar-refractivity contribution in [3.63, 3.8) is 0 Å². The van der Waals surface area contributed by atoms with Gasteiger partial charge in [0, 0.05) is 10.4 Å². The second-order valence-electron chi connectivity index (χ2n) is 7.17. The summed E-state index contributed by atoms with van der Waals surface area (Å²) in [7, 11) is 2.96. The van der Waals surface area contributed by atoms with Crippen LogP contribution in [0.3, 0.4) is 0 Å². The highest BCUT2D eigenvalue weighted by Gasteiger charge is 2.46.